The smallest absolute Gasteiger partial charge is 0.124 e. The van der Waals surface area contributed by atoms with Crippen molar-refractivity contribution in [1.82, 2.24) is 5.32 Å². The van der Waals surface area contributed by atoms with Gasteiger partial charge >= 0.3 is 0 Å². The van der Waals surface area contributed by atoms with Crippen molar-refractivity contribution in [3.63, 3.8) is 0 Å². The highest BCUT2D eigenvalue weighted by Crippen LogP contribution is 2.19. The summed E-state index contributed by atoms with van der Waals surface area (Å²) in [4.78, 5) is 0. The van der Waals surface area contributed by atoms with Crippen molar-refractivity contribution in [2.24, 2.45) is 0 Å². The summed E-state index contributed by atoms with van der Waals surface area (Å²) in [6, 6.07) is 15.8. The normalized spacial score (nSPS) is 9.90. The van der Waals surface area contributed by atoms with Crippen LogP contribution < -0.4 is 10.1 Å². The van der Waals surface area contributed by atoms with Gasteiger partial charge in [0, 0.05) is 17.1 Å². The van der Waals surface area contributed by atoms with Crippen molar-refractivity contribution in [1.29, 1.82) is 0 Å². The molecule has 0 heterocycles. The SMILES string of the molecule is CCNCc1ccccc1OCc1ccc(Cl)cc1.Cl. The molecule has 20 heavy (non-hydrogen) atoms. The fraction of sp³-hybridized carbons (Fsp3) is 0.250. The molecule has 0 aliphatic rings. The van der Waals surface area contributed by atoms with Crippen LogP contribution in [0.2, 0.25) is 5.02 Å². The van der Waals surface area contributed by atoms with E-state index >= 15 is 0 Å². The molecule has 108 valence electrons. The molecule has 2 aromatic rings. The molecule has 2 nitrogen and oxygen atoms in total. The quantitative estimate of drug-likeness (QED) is 0.851. The van der Waals surface area contributed by atoms with Crippen LogP contribution in [-0.2, 0) is 13.2 Å². The first-order valence-electron chi connectivity index (χ1n) is 6.45. The van der Waals surface area contributed by atoms with Crippen LogP contribution in [-0.4, -0.2) is 6.54 Å². The number of hydrogen-bond acceptors (Lipinski definition) is 2. The van der Waals surface area contributed by atoms with E-state index < -0.39 is 0 Å². The largest absolute Gasteiger partial charge is 0.489 e. The van der Waals surface area contributed by atoms with Gasteiger partial charge in [-0.25, -0.2) is 0 Å². The summed E-state index contributed by atoms with van der Waals surface area (Å²) in [5.41, 5.74) is 2.29. The van der Waals surface area contributed by atoms with Crippen molar-refractivity contribution in [2.75, 3.05) is 6.54 Å². The molecule has 0 saturated heterocycles. The predicted octanol–water partition coefficient (Wildman–Crippen LogP) is 4.45. The summed E-state index contributed by atoms with van der Waals surface area (Å²) in [5.74, 6) is 0.929. The number of halogens is 2. The molecule has 0 atom stereocenters. The lowest BCUT2D eigenvalue weighted by Crippen LogP contribution is -2.12. The van der Waals surface area contributed by atoms with E-state index in [1.54, 1.807) is 0 Å². The number of ether oxygens (including phenoxy) is 1. The van der Waals surface area contributed by atoms with Crippen LogP contribution in [0.5, 0.6) is 5.75 Å². The van der Waals surface area contributed by atoms with Crippen molar-refractivity contribution < 1.29 is 4.74 Å². The first kappa shape index (κ1) is 16.8. The van der Waals surface area contributed by atoms with Gasteiger partial charge < -0.3 is 10.1 Å². The maximum atomic E-state index is 5.88. The Morgan fingerprint density at radius 2 is 1.75 bits per heavy atom. The number of para-hydroxylation sites is 1. The topological polar surface area (TPSA) is 21.3 Å². The average Bonchev–Trinajstić information content (AvgIpc) is 2.45. The number of hydrogen-bond donors (Lipinski definition) is 1. The van der Waals surface area contributed by atoms with Crippen LogP contribution in [0.3, 0.4) is 0 Å². The summed E-state index contributed by atoms with van der Waals surface area (Å²) < 4.78 is 5.88. The van der Waals surface area contributed by atoms with E-state index in [0.717, 1.165) is 29.4 Å². The van der Waals surface area contributed by atoms with Crippen LogP contribution in [0, 0.1) is 0 Å². The zero-order valence-electron chi connectivity index (χ0n) is 11.4. The molecule has 0 unspecified atom stereocenters. The van der Waals surface area contributed by atoms with Gasteiger partial charge in [0.05, 0.1) is 0 Å². The highest BCUT2D eigenvalue weighted by atomic mass is 35.5. The van der Waals surface area contributed by atoms with Gasteiger partial charge in [-0.1, -0.05) is 48.9 Å². The van der Waals surface area contributed by atoms with Gasteiger partial charge in [-0.15, -0.1) is 12.4 Å². The standard InChI is InChI=1S/C16H18ClNO.ClH/c1-2-18-11-14-5-3-4-6-16(14)19-12-13-7-9-15(17)10-8-13;/h3-10,18H,2,11-12H2,1H3;1H. The van der Waals surface area contributed by atoms with E-state index in [1.807, 2.05) is 42.5 Å². The maximum Gasteiger partial charge on any atom is 0.124 e. The predicted molar refractivity (Wildman–Crippen MR) is 86.9 cm³/mol. The molecule has 4 heteroatoms. The second kappa shape index (κ2) is 8.85. The molecule has 0 amide bonds. The number of nitrogens with one attached hydrogen (secondary N) is 1. The molecular weight excluding hydrogens is 293 g/mol. The second-order valence-electron chi connectivity index (χ2n) is 4.30. The fourth-order valence-corrected chi connectivity index (χ4v) is 1.92. The third-order valence-corrected chi connectivity index (χ3v) is 3.10. The Morgan fingerprint density at radius 1 is 1.05 bits per heavy atom. The second-order valence-corrected chi connectivity index (χ2v) is 4.74. The van der Waals surface area contributed by atoms with Crippen molar-refractivity contribution >= 4 is 24.0 Å². The van der Waals surface area contributed by atoms with E-state index in [1.165, 1.54) is 5.56 Å². The Morgan fingerprint density at radius 3 is 2.45 bits per heavy atom. The molecule has 0 fully saturated rings. The minimum absolute atomic E-state index is 0. The van der Waals surface area contributed by atoms with Crippen molar-refractivity contribution in [3.05, 3.63) is 64.7 Å². The molecule has 0 radical (unpaired) electrons. The third kappa shape index (κ3) is 5.04. The summed E-state index contributed by atoms with van der Waals surface area (Å²) in [7, 11) is 0. The lowest BCUT2D eigenvalue weighted by molar-refractivity contribution is 0.302. The molecule has 1 N–H and O–H groups in total. The first-order valence-corrected chi connectivity index (χ1v) is 6.83. The molecule has 0 spiro atoms. The summed E-state index contributed by atoms with van der Waals surface area (Å²) >= 11 is 5.86. The Hall–Kier alpha value is -1.22. The van der Waals surface area contributed by atoms with Crippen LogP contribution in [0.4, 0.5) is 0 Å². The van der Waals surface area contributed by atoms with Crippen molar-refractivity contribution in [3.8, 4) is 5.75 Å². The molecule has 2 rings (SSSR count). The molecular formula is C16H19Cl2NO. The van der Waals surface area contributed by atoms with Crippen LogP contribution in [0.25, 0.3) is 0 Å². The lowest BCUT2D eigenvalue weighted by Gasteiger charge is -2.11. The van der Waals surface area contributed by atoms with Crippen molar-refractivity contribution in [2.45, 2.75) is 20.1 Å². The number of rotatable bonds is 6. The maximum absolute atomic E-state index is 5.88. The van der Waals surface area contributed by atoms with Gasteiger partial charge in [-0.3, -0.25) is 0 Å². The van der Waals surface area contributed by atoms with E-state index in [-0.39, 0.29) is 12.4 Å². The van der Waals surface area contributed by atoms with Gasteiger partial charge in [0.15, 0.2) is 0 Å². The molecule has 2 aromatic carbocycles. The van der Waals surface area contributed by atoms with Gasteiger partial charge in [0.25, 0.3) is 0 Å². The van der Waals surface area contributed by atoms with E-state index in [2.05, 4.69) is 18.3 Å². The Labute approximate surface area is 131 Å². The summed E-state index contributed by atoms with van der Waals surface area (Å²) in [6.45, 7) is 4.43. The van der Waals surface area contributed by atoms with Crippen LogP contribution >= 0.6 is 24.0 Å². The lowest BCUT2D eigenvalue weighted by atomic mass is 10.2. The monoisotopic (exact) mass is 311 g/mol. The van der Waals surface area contributed by atoms with Gasteiger partial charge in [-0.05, 0) is 30.3 Å². The molecule has 0 aliphatic carbocycles. The molecule has 0 aromatic heterocycles. The zero-order chi connectivity index (χ0) is 13.5. The van der Waals surface area contributed by atoms with E-state index in [9.17, 15) is 0 Å². The van der Waals surface area contributed by atoms with E-state index in [0.29, 0.717) is 6.61 Å². The Balaban J connectivity index is 0.00000200. The summed E-state index contributed by atoms with van der Waals surface area (Å²) in [6.07, 6.45) is 0. The van der Waals surface area contributed by atoms with Gasteiger partial charge in [-0.2, -0.15) is 0 Å². The van der Waals surface area contributed by atoms with Crippen LogP contribution in [0.1, 0.15) is 18.1 Å². The Bertz CT molecular complexity index is 514. The van der Waals surface area contributed by atoms with Crippen LogP contribution in [0.15, 0.2) is 48.5 Å². The Kier molecular flexibility index (Phi) is 7.45. The zero-order valence-corrected chi connectivity index (χ0v) is 13.0. The number of benzene rings is 2. The fourth-order valence-electron chi connectivity index (χ4n) is 1.79. The molecule has 0 saturated carbocycles. The highest BCUT2D eigenvalue weighted by Gasteiger charge is 2.02. The van der Waals surface area contributed by atoms with E-state index in [4.69, 9.17) is 16.3 Å². The third-order valence-electron chi connectivity index (χ3n) is 2.85. The molecule has 0 aliphatic heterocycles. The first-order chi connectivity index (χ1) is 9.29. The minimum atomic E-state index is 0. The van der Waals surface area contributed by atoms with Gasteiger partial charge in [0.1, 0.15) is 12.4 Å². The summed E-state index contributed by atoms with van der Waals surface area (Å²) in [5, 5.41) is 4.06. The molecule has 0 bridgehead atoms. The average molecular weight is 312 g/mol. The van der Waals surface area contributed by atoms with Gasteiger partial charge in [0.2, 0.25) is 0 Å². The highest BCUT2D eigenvalue weighted by molar-refractivity contribution is 6.30. The minimum Gasteiger partial charge on any atom is -0.489 e.